The predicted molar refractivity (Wildman–Crippen MR) is 176 cm³/mol. The monoisotopic (exact) mass is 641 g/mol. The number of rotatable bonds is 14. The number of carbonyl (C=O) groups excluding carboxylic acids is 2. The predicted octanol–water partition coefficient (Wildman–Crippen LogP) is 7.34. The van der Waals surface area contributed by atoms with Crippen LogP contribution in [-0.4, -0.2) is 36.8 Å². The smallest absolute Gasteiger partial charge is 0.262 e. The molecule has 44 heavy (non-hydrogen) atoms. The van der Waals surface area contributed by atoms with Crippen LogP contribution in [0.1, 0.15) is 61.9 Å². The van der Waals surface area contributed by atoms with E-state index in [1.807, 2.05) is 32.9 Å². The first-order chi connectivity index (χ1) is 20.9. The van der Waals surface area contributed by atoms with Gasteiger partial charge >= 0.3 is 0 Å². The van der Waals surface area contributed by atoms with Gasteiger partial charge in [-0.15, -0.1) is 0 Å². The first-order valence-electron chi connectivity index (χ1n) is 14.6. The van der Waals surface area contributed by atoms with E-state index in [2.05, 4.69) is 48.7 Å². The van der Waals surface area contributed by atoms with E-state index in [-0.39, 0.29) is 10.9 Å². The molecule has 10 heteroatoms. The quantitative estimate of drug-likeness (QED) is 0.142. The molecule has 3 aromatic rings. The molecule has 8 nitrogen and oxygen atoms in total. The summed E-state index contributed by atoms with van der Waals surface area (Å²) in [6, 6.07) is 13.7. The van der Waals surface area contributed by atoms with Crippen molar-refractivity contribution in [2.24, 2.45) is 11.0 Å². The maximum Gasteiger partial charge on any atom is 0.262 e. The van der Waals surface area contributed by atoms with E-state index in [4.69, 9.17) is 37.4 Å². The summed E-state index contributed by atoms with van der Waals surface area (Å²) in [5, 5.41) is 7.63. The Morgan fingerprint density at radius 3 is 2.20 bits per heavy atom. The second kappa shape index (κ2) is 16.4. The Balaban J connectivity index is 1.64. The summed E-state index contributed by atoms with van der Waals surface area (Å²) in [4.78, 5) is 25.9. The fraction of sp³-hybridized carbons (Fsp3) is 0.382. The summed E-state index contributed by atoms with van der Waals surface area (Å²) in [5.41, 5.74) is 7.97. The number of hydrogen-bond donors (Lipinski definition) is 2. The average Bonchev–Trinajstić information content (AvgIpc) is 2.94. The van der Waals surface area contributed by atoms with Gasteiger partial charge < -0.3 is 19.5 Å². The van der Waals surface area contributed by atoms with Crippen LogP contribution in [0.3, 0.4) is 0 Å². The number of halogens is 2. The maximum atomic E-state index is 13.0. The van der Waals surface area contributed by atoms with Gasteiger partial charge in [0.1, 0.15) is 18.4 Å². The number of ether oxygens (including phenoxy) is 3. The number of carbonyl (C=O) groups is 2. The zero-order valence-corrected chi connectivity index (χ0v) is 27.8. The van der Waals surface area contributed by atoms with E-state index in [0.717, 1.165) is 5.56 Å². The van der Waals surface area contributed by atoms with E-state index in [1.165, 1.54) is 29.0 Å². The standard InChI is InChI=1S/C34H41Cl2N3O5/c1-8-42-32-16-25(9-11-31(32)43-19-27-22(5)14-21(4)15-23(27)6)18-37-39-34(41)29(13-20(2)3)38-33(40)24(7)44-30-12-10-26(35)17-28(30)36/h9-12,14-18,20,24,29H,8,13,19H2,1-7H3,(H,38,40)(H,39,41)/b37-18-/t24-,29-/m1/s1. The molecule has 3 aromatic carbocycles. The number of nitrogens with zero attached hydrogens (tertiary/aromatic N) is 1. The van der Waals surface area contributed by atoms with E-state index in [0.29, 0.717) is 47.5 Å². The lowest BCUT2D eigenvalue weighted by Crippen LogP contribution is -2.49. The third-order valence-electron chi connectivity index (χ3n) is 6.78. The Hall–Kier alpha value is -3.75. The zero-order chi connectivity index (χ0) is 32.4. The van der Waals surface area contributed by atoms with Crippen molar-refractivity contribution in [3.8, 4) is 17.2 Å². The zero-order valence-electron chi connectivity index (χ0n) is 26.3. The summed E-state index contributed by atoms with van der Waals surface area (Å²) in [5.74, 6) is 0.720. The second-order valence-corrected chi connectivity index (χ2v) is 11.9. The molecule has 3 rings (SSSR count). The van der Waals surface area contributed by atoms with Crippen molar-refractivity contribution in [3.05, 3.63) is 86.4 Å². The van der Waals surface area contributed by atoms with Crippen molar-refractivity contribution in [1.82, 2.24) is 10.7 Å². The highest BCUT2D eigenvalue weighted by molar-refractivity contribution is 6.35. The molecule has 2 atom stereocenters. The van der Waals surface area contributed by atoms with Gasteiger partial charge in [-0.2, -0.15) is 5.10 Å². The Morgan fingerprint density at radius 2 is 1.57 bits per heavy atom. The first kappa shape index (κ1) is 34.7. The van der Waals surface area contributed by atoms with Crippen molar-refractivity contribution in [1.29, 1.82) is 0 Å². The van der Waals surface area contributed by atoms with Gasteiger partial charge in [-0.1, -0.05) is 54.7 Å². The molecular weight excluding hydrogens is 601 g/mol. The molecule has 0 bridgehead atoms. The molecule has 0 radical (unpaired) electrons. The van der Waals surface area contributed by atoms with Gasteiger partial charge in [-0.05, 0) is 106 Å². The van der Waals surface area contributed by atoms with Crippen molar-refractivity contribution in [2.45, 2.75) is 73.6 Å². The van der Waals surface area contributed by atoms with Crippen molar-refractivity contribution in [2.75, 3.05) is 6.61 Å². The molecule has 236 valence electrons. The van der Waals surface area contributed by atoms with E-state index >= 15 is 0 Å². The van der Waals surface area contributed by atoms with Gasteiger partial charge in [0.2, 0.25) is 0 Å². The fourth-order valence-corrected chi connectivity index (χ4v) is 5.09. The number of hydrogen-bond acceptors (Lipinski definition) is 6. The number of amides is 2. The molecule has 0 saturated heterocycles. The Bertz CT molecular complexity index is 1470. The molecule has 0 fully saturated rings. The normalized spacial score (nSPS) is 12.6. The van der Waals surface area contributed by atoms with Crippen LogP contribution in [0, 0.1) is 26.7 Å². The van der Waals surface area contributed by atoms with Crippen LogP contribution in [0.4, 0.5) is 0 Å². The van der Waals surface area contributed by atoms with Crippen molar-refractivity contribution in [3.63, 3.8) is 0 Å². The van der Waals surface area contributed by atoms with Crippen LogP contribution in [0.15, 0.2) is 53.6 Å². The summed E-state index contributed by atoms with van der Waals surface area (Å²) >= 11 is 12.1. The summed E-state index contributed by atoms with van der Waals surface area (Å²) in [7, 11) is 0. The largest absolute Gasteiger partial charge is 0.490 e. The minimum Gasteiger partial charge on any atom is -0.490 e. The van der Waals surface area contributed by atoms with Gasteiger partial charge in [-0.3, -0.25) is 9.59 Å². The van der Waals surface area contributed by atoms with Crippen LogP contribution in [-0.2, 0) is 16.2 Å². The van der Waals surface area contributed by atoms with Crippen LogP contribution in [0.5, 0.6) is 17.2 Å². The lowest BCUT2D eigenvalue weighted by Gasteiger charge is -2.22. The number of hydrazone groups is 1. The third kappa shape index (κ3) is 10.2. The lowest BCUT2D eigenvalue weighted by molar-refractivity contribution is -0.132. The van der Waals surface area contributed by atoms with Gasteiger partial charge in [0.25, 0.3) is 11.8 Å². The molecule has 0 heterocycles. The molecule has 0 aliphatic rings. The minimum atomic E-state index is -0.906. The Kier molecular flexibility index (Phi) is 12.9. The van der Waals surface area contributed by atoms with Crippen LogP contribution in [0.25, 0.3) is 0 Å². The second-order valence-electron chi connectivity index (χ2n) is 11.1. The highest BCUT2D eigenvalue weighted by Gasteiger charge is 2.25. The van der Waals surface area contributed by atoms with Crippen molar-refractivity contribution >= 4 is 41.2 Å². The third-order valence-corrected chi connectivity index (χ3v) is 7.31. The molecule has 0 unspecified atom stereocenters. The number of benzene rings is 3. The summed E-state index contributed by atoms with van der Waals surface area (Å²) in [6.45, 7) is 14.5. The maximum absolute atomic E-state index is 13.0. The summed E-state index contributed by atoms with van der Waals surface area (Å²) < 4.78 is 17.7. The van der Waals surface area contributed by atoms with Gasteiger partial charge in [0.15, 0.2) is 17.6 Å². The Labute approximate surface area is 270 Å². The lowest BCUT2D eigenvalue weighted by atomic mass is 10.0. The van der Waals surface area contributed by atoms with E-state index < -0.39 is 24.0 Å². The highest BCUT2D eigenvalue weighted by Crippen LogP contribution is 2.30. The van der Waals surface area contributed by atoms with Crippen LogP contribution >= 0.6 is 23.2 Å². The molecule has 2 amide bonds. The van der Waals surface area contributed by atoms with E-state index in [1.54, 1.807) is 25.1 Å². The Morgan fingerprint density at radius 1 is 0.886 bits per heavy atom. The van der Waals surface area contributed by atoms with Crippen LogP contribution < -0.4 is 25.0 Å². The van der Waals surface area contributed by atoms with E-state index in [9.17, 15) is 9.59 Å². The van der Waals surface area contributed by atoms with Crippen LogP contribution in [0.2, 0.25) is 10.0 Å². The highest BCUT2D eigenvalue weighted by atomic mass is 35.5. The minimum absolute atomic E-state index is 0.130. The SMILES string of the molecule is CCOc1cc(/C=N\NC(=O)[C@@H](CC(C)C)NC(=O)[C@@H](C)Oc2ccc(Cl)cc2Cl)ccc1OCc1c(C)cc(C)cc1C. The molecule has 0 spiro atoms. The molecule has 0 saturated carbocycles. The molecule has 0 aliphatic heterocycles. The molecule has 0 aromatic heterocycles. The fourth-order valence-electron chi connectivity index (χ4n) is 4.64. The van der Waals surface area contributed by atoms with Gasteiger partial charge in [0, 0.05) is 5.02 Å². The van der Waals surface area contributed by atoms with Crippen molar-refractivity contribution < 1.29 is 23.8 Å². The number of aryl methyl sites for hydroxylation is 3. The molecule has 0 aliphatic carbocycles. The van der Waals surface area contributed by atoms with Gasteiger partial charge in [0.05, 0.1) is 17.8 Å². The summed E-state index contributed by atoms with van der Waals surface area (Å²) in [6.07, 6.45) is 1.01. The average molecular weight is 643 g/mol. The first-order valence-corrected chi connectivity index (χ1v) is 15.3. The molecular formula is C34H41Cl2N3O5. The topological polar surface area (TPSA) is 98.2 Å². The van der Waals surface area contributed by atoms with Gasteiger partial charge in [-0.25, -0.2) is 5.43 Å². The molecule has 2 N–H and O–H groups in total. The number of nitrogens with one attached hydrogen (secondary N) is 2.